The zero-order valence-corrected chi connectivity index (χ0v) is 13.6. The van der Waals surface area contributed by atoms with Crippen LogP contribution in [-0.4, -0.2) is 41.5 Å². The van der Waals surface area contributed by atoms with Crippen molar-refractivity contribution in [3.8, 4) is 5.88 Å². The highest BCUT2D eigenvalue weighted by Gasteiger charge is 2.08. The molecular formula is C15H20FN5O3. The van der Waals surface area contributed by atoms with Gasteiger partial charge < -0.3 is 20.1 Å². The van der Waals surface area contributed by atoms with Crippen molar-refractivity contribution in [1.82, 2.24) is 20.5 Å². The van der Waals surface area contributed by atoms with Crippen LogP contribution in [0.25, 0.3) is 0 Å². The Kier molecular flexibility index (Phi) is 6.35. The Balaban J connectivity index is 1.79. The lowest BCUT2D eigenvalue weighted by Crippen LogP contribution is -2.24. The van der Waals surface area contributed by atoms with Crippen molar-refractivity contribution in [1.29, 1.82) is 0 Å². The van der Waals surface area contributed by atoms with Gasteiger partial charge in [0.2, 0.25) is 5.88 Å². The van der Waals surface area contributed by atoms with Crippen molar-refractivity contribution in [2.75, 3.05) is 25.6 Å². The Morgan fingerprint density at radius 2 is 2.21 bits per heavy atom. The molecule has 2 heterocycles. The number of hydrogen-bond donors (Lipinski definition) is 3. The normalized spacial score (nSPS) is 10.3. The summed E-state index contributed by atoms with van der Waals surface area (Å²) in [6.45, 7) is 2.75. The standard InChI is InChI=1S/C15H20FN5O3/c1-10-9-12(21-20-10)18-14-11(16)5-6-13(19-14)24-8-4-3-7-17-15(22)23-2/h5-6,9H,3-4,7-8H2,1-2H3,(H,17,22)(H2,18,19,20,21). The molecule has 9 heteroatoms. The number of ether oxygens (including phenoxy) is 2. The molecule has 0 saturated carbocycles. The van der Waals surface area contributed by atoms with E-state index in [9.17, 15) is 9.18 Å². The number of halogens is 1. The van der Waals surface area contributed by atoms with E-state index in [1.165, 1.54) is 19.2 Å². The number of alkyl carbamates (subject to hydrolysis) is 1. The number of amides is 1. The number of unbranched alkanes of at least 4 members (excludes halogenated alkanes) is 1. The van der Waals surface area contributed by atoms with Crippen LogP contribution < -0.4 is 15.4 Å². The van der Waals surface area contributed by atoms with E-state index in [-0.39, 0.29) is 5.82 Å². The fraction of sp³-hybridized carbons (Fsp3) is 0.400. The third-order valence-electron chi connectivity index (χ3n) is 3.05. The minimum atomic E-state index is -0.495. The van der Waals surface area contributed by atoms with Crippen LogP contribution in [0.2, 0.25) is 0 Å². The zero-order valence-electron chi connectivity index (χ0n) is 13.6. The molecule has 24 heavy (non-hydrogen) atoms. The molecule has 1 amide bonds. The molecule has 0 aromatic carbocycles. The fourth-order valence-electron chi connectivity index (χ4n) is 1.86. The number of pyridine rings is 1. The van der Waals surface area contributed by atoms with Crippen LogP contribution in [0.4, 0.5) is 20.8 Å². The summed E-state index contributed by atoms with van der Waals surface area (Å²) in [5.74, 6) is 0.341. The maximum absolute atomic E-state index is 13.8. The zero-order chi connectivity index (χ0) is 17.4. The summed E-state index contributed by atoms with van der Waals surface area (Å²) in [6.07, 6.45) is 0.985. The second-order valence-electron chi connectivity index (χ2n) is 5.02. The largest absolute Gasteiger partial charge is 0.478 e. The summed E-state index contributed by atoms with van der Waals surface area (Å²) in [5.41, 5.74) is 0.853. The number of methoxy groups -OCH3 is 1. The van der Waals surface area contributed by atoms with Crippen molar-refractivity contribution in [3.63, 3.8) is 0 Å². The van der Waals surface area contributed by atoms with E-state index < -0.39 is 11.9 Å². The maximum Gasteiger partial charge on any atom is 0.406 e. The van der Waals surface area contributed by atoms with Crippen molar-refractivity contribution in [3.05, 3.63) is 29.7 Å². The third kappa shape index (κ3) is 5.41. The van der Waals surface area contributed by atoms with Gasteiger partial charge in [-0.15, -0.1) is 0 Å². The summed E-state index contributed by atoms with van der Waals surface area (Å²) in [7, 11) is 1.31. The van der Waals surface area contributed by atoms with Gasteiger partial charge in [0.05, 0.1) is 13.7 Å². The minimum absolute atomic E-state index is 0.0476. The van der Waals surface area contributed by atoms with Gasteiger partial charge >= 0.3 is 6.09 Å². The Morgan fingerprint density at radius 1 is 1.38 bits per heavy atom. The van der Waals surface area contributed by atoms with Gasteiger partial charge in [0.1, 0.15) is 0 Å². The first-order valence-corrected chi connectivity index (χ1v) is 7.48. The second kappa shape index (κ2) is 8.70. The number of rotatable bonds is 8. The molecule has 3 N–H and O–H groups in total. The molecule has 0 spiro atoms. The van der Waals surface area contributed by atoms with E-state index in [4.69, 9.17) is 4.74 Å². The van der Waals surface area contributed by atoms with Crippen LogP contribution >= 0.6 is 0 Å². The lowest BCUT2D eigenvalue weighted by molar-refractivity contribution is 0.170. The third-order valence-corrected chi connectivity index (χ3v) is 3.05. The van der Waals surface area contributed by atoms with E-state index >= 15 is 0 Å². The molecule has 2 aromatic rings. The van der Waals surface area contributed by atoms with Crippen molar-refractivity contribution in [2.45, 2.75) is 19.8 Å². The average Bonchev–Trinajstić information content (AvgIpc) is 2.98. The average molecular weight is 337 g/mol. The number of carbonyl (C=O) groups is 1. The number of carbonyl (C=O) groups excluding carboxylic acids is 1. The fourth-order valence-corrected chi connectivity index (χ4v) is 1.86. The van der Waals surface area contributed by atoms with Crippen LogP contribution in [0.1, 0.15) is 18.5 Å². The smallest absolute Gasteiger partial charge is 0.406 e. The summed E-state index contributed by atoms with van der Waals surface area (Å²) in [5, 5.41) is 12.1. The number of aromatic amines is 1. The lowest BCUT2D eigenvalue weighted by Gasteiger charge is -2.08. The molecule has 0 aliphatic carbocycles. The van der Waals surface area contributed by atoms with E-state index in [2.05, 4.69) is 30.6 Å². The second-order valence-corrected chi connectivity index (χ2v) is 5.02. The van der Waals surface area contributed by atoms with Gasteiger partial charge in [0.15, 0.2) is 17.5 Å². The summed E-state index contributed by atoms with van der Waals surface area (Å²) in [6, 6.07) is 4.48. The van der Waals surface area contributed by atoms with Crippen LogP contribution in [-0.2, 0) is 4.74 Å². The number of hydrogen-bond acceptors (Lipinski definition) is 6. The molecule has 2 aromatic heterocycles. The predicted molar refractivity (Wildman–Crippen MR) is 85.9 cm³/mol. The molecule has 0 radical (unpaired) electrons. The molecule has 130 valence electrons. The van der Waals surface area contributed by atoms with Gasteiger partial charge in [-0.3, -0.25) is 5.10 Å². The van der Waals surface area contributed by atoms with E-state index in [1.807, 2.05) is 6.92 Å². The van der Waals surface area contributed by atoms with Crippen molar-refractivity contribution >= 4 is 17.7 Å². The number of nitrogens with zero attached hydrogens (tertiary/aromatic N) is 2. The summed E-state index contributed by atoms with van der Waals surface area (Å²) >= 11 is 0. The molecule has 0 aliphatic rings. The Hall–Kier alpha value is -2.84. The van der Waals surface area contributed by atoms with Crippen molar-refractivity contribution < 1.29 is 18.7 Å². The van der Waals surface area contributed by atoms with Crippen LogP contribution in [0.5, 0.6) is 5.88 Å². The molecule has 0 bridgehead atoms. The van der Waals surface area contributed by atoms with Crippen LogP contribution in [0, 0.1) is 12.7 Å². The summed E-state index contributed by atoms with van der Waals surface area (Å²) < 4.78 is 23.7. The molecule has 0 atom stereocenters. The number of nitrogens with one attached hydrogen (secondary N) is 3. The van der Waals surface area contributed by atoms with Gasteiger partial charge in [0.25, 0.3) is 0 Å². The molecule has 2 rings (SSSR count). The number of aromatic nitrogens is 3. The first-order valence-electron chi connectivity index (χ1n) is 7.48. The van der Waals surface area contributed by atoms with Gasteiger partial charge in [-0.25, -0.2) is 9.18 Å². The highest BCUT2D eigenvalue weighted by Crippen LogP contribution is 2.20. The van der Waals surface area contributed by atoms with E-state index in [1.54, 1.807) is 6.07 Å². The van der Waals surface area contributed by atoms with Crippen LogP contribution in [0.3, 0.4) is 0 Å². The Labute approximate surface area is 138 Å². The lowest BCUT2D eigenvalue weighted by atomic mass is 10.3. The number of aryl methyl sites for hydroxylation is 1. The van der Waals surface area contributed by atoms with E-state index in [0.29, 0.717) is 31.3 Å². The topological polar surface area (TPSA) is 101 Å². The monoisotopic (exact) mass is 337 g/mol. The van der Waals surface area contributed by atoms with Gasteiger partial charge in [-0.05, 0) is 25.8 Å². The summed E-state index contributed by atoms with van der Waals surface area (Å²) in [4.78, 5) is 14.9. The number of H-pyrrole nitrogens is 1. The SMILES string of the molecule is COC(=O)NCCCCOc1ccc(F)c(Nc2cc(C)[nH]n2)n1. The molecule has 0 unspecified atom stereocenters. The quantitative estimate of drug-likeness (QED) is 0.640. The van der Waals surface area contributed by atoms with Crippen molar-refractivity contribution in [2.24, 2.45) is 0 Å². The van der Waals surface area contributed by atoms with Crippen LogP contribution in [0.15, 0.2) is 18.2 Å². The first kappa shape index (κ1) is 17.5. The van der Waals surface area contributed by atoms with Gasteiger partial charge in [-0.2, -0.15) is 10.1 Å². The minimum Gasteiger partial charge on any atom is -0.478 e. The highest BCUT2D eigenvalue weighted by atomic mass is 19.1. The molecule has 0 aliphatic heterocycles. The molecular weight excluding hydrogens is 317 g/mol. The Bertz CT molecular complexity index is 677. The maximum atomic E-state index is 13.8. The van der Waals surface area contributed by atoms with Gasteiger partial charge in [-0.1, -0.05) is 0 Å². The van der Waals surface area contributed by atoms with Gasteiger partial charge in [0, 0.05) is 24.4 Å². The molecule has 8 nitrogen and oxygen atoms in total. The van der Waals surface area contributed by atoms with E-state index in [0.717, 1.165) is 12.1 Å². The molecule has 0 saturated heterocycles. The predicted octanol–water partition coefficient (Wildman–Crippen LogP) is 2.51. The molecule has 0 fully saturated rings. The highest BCUT2D eigenvalue weighted by molar-refractivity contribution is 5.66. The first-order chi connectivity index (χ1) is 11.6. The number of anilines is 2. The Morgan fingerprint density at radius 3 is 2.92 bits per heavy atom.